The Morgan fingerprint density at radius 2 is 2.06 bits per heavy atom. The normalized spacial score (nSPS) is 10.4. The van der Waals surface area contributed by atoms with Gasteiger partial charge in [-0.25, -0.2) is 0 Å². The standard InChI is InChI=1S/C12H13N3O/c1-7-3-4-8(2)9(5-7)11(16)10-6-14-15-12(10)13/h3-6H,1-2H3,(H3,13,14,15). The number of nitrogens with two attached hydrogens (primary N) is 1. The van der Waals surface area contributed by atoms with Crippen molar-refractivity contribution in [1.29, 1.82) is 0 Å². The summed E-state index contributed by atoms with van der Waals surface area (Å²) in [6.07, 6.45) is 1.46. The number of nitrogen functional groups attached to an aromatic ring is 1. The van der Waals surface area contributed by atoms with E-state index in [9.17, 15) is 4.79 Å². The number of ketones is 1. The number of carbonyl (C=O) groups is 1. The summed E-state index contributed by atoms with van der Waals surface area (Å²) < 4.78 is 0. The first-order chi connectivity index (χ1) is 7.59. The van der Waals surface area contributed by atoms with Gasteiger partial charge in [0.25, 0.3) is 0 Å². The van der Waals surface area contributed by atoms with Crippen molar-refractivity contribution in [3.8, 4) is 0 Å². The van der Waals surface area contributed by atoms with Crippen LogP contribution in [0.25, 0.3) is 0 Å². The number of carbonyl (C=O) groups excluding carboxylic acids is 1. The summed E-state index contributed by atoms with van der Waals surface area (Å²) in [5.41, 5.74) is 8.72. The van der Waals surface area contributed by atoms with E-state index in [2.05, 4.69) is 10.2 Å². The molecule has 0 saturated carbocycles. The average molecular weight is 215 g/mol. The molecule has 4 nitrogen and oxygen atoms in total. The third-order valence-electron chi connectivity index (χ3n) is 2.55. The van der Waals surface area contributed by atoms with Gasteiger partial charge in [0.2, 0.25) is 0 Å². The fourth-order valence-corrected chi connectivity index (χ4v) is 1.60. The van der Waals surface area contributed by atoms with Gasteiger partial charge in [0.1, 0.15) is 5.82 Å². The van der Waals surface area contributed by atoms with Gasteiger partial charge < -0.3 is 5.73 Å². The second-order valence-electron chi connectivity index (χ2n) is 3.84. The van der Waals surface area contributed by atoms with Crippen molar-refractivity contribution >= 4 is 11.6 Å². The highest BCUT2D eigenvalue weighted by atomic mass is 16.1. The molecular weight excluding hydrogens is 202 g/mol. The summed E-state index contributed by atoms with van der Waals surface area (Å²) in [5.74, 6) is 0.221. The number of benzene rings is 1. The van der Waals surface area contributed by atoms with Crippen LogP contribution < -0.4 is 5.73 Å². The van der Waals surface area contributed by atoms with Crippen LogP contribution in [0.15, 0.2) is 24.4 Å². The van der Waals surface area contributed by atoms with Crippen molar-refractivity contribution in [1.82, 2.24) is 10.2 Å². The minimum Gasteiger partial charge on any atom is -0.383 e. The number of nitrogens with zero attached hydrogens (tertiary/aromatic N) is 1. The highest BCUT2D eigenvalue weighted by Crippen LogP contribution is 2.18. The molecule has 0 fully saturated rings. The van der Waals surface area contributed by atoms with Crippen molar-refractivity contribution in [2.75, 3.05) is 5.73 Å². The van der Waals surface area contributed by atoms with Crippen molar-refractivity contribution < 1.29 is 4.79 Å². The van der Waals surface area contributed by atoms with Crippen molar-refractivity contribution in [3.05, 3.63) is 46.6 Å². The molecule has 1 aromatic carbocycles. The van der Waals surface area contributed by atoms with Crippen molar-refractivity contribution in [2.45, 2.75) is 13.8 Å². The molecule has 0 spiro atoms. The first-order valence-corrected chi connectivity index (χ1v) is 5.00. The summed E-state index contributed by atoms with van der Waals surface area (Å²) >= 11 is 0. The Bertz CT molecular complexity index is 543. The summed E-state index contributed by atoms with van der Waals surface area (Å²) in [7, 11) is 0. The molecule has 2 aromatic rings. The lowest BCUT2D eigenvalue weighted by Crippen LogP contribution is -2.05. The first kappa shape index (κ1) is 10.4. The summed E-state index contributed by atoms with van der Waals surface area (Å²) in [5, 5.41) is 6.31. The fraction of sp³-hybridized carbons (Fsp3) is 0.167. The molecule has 0 saturated heterocycles. The minimum absolute atomic E-state index is 0.0903. The predicted octanol–water partition coefficient (Wildman–Crippen LogP) is 1.84. The van der Waals surface area contributed by atoms with E-state index in [1.807, 2.05) is 32.0 Å². The maximum atomic E-state index is 12.2. The molecule has 82 valence electrons. The second-order valence-corrected chi connectivity index (χ2v) is 3.84. The number of hydrogen-bond donors (Lipinski definition) is 2. The number of hydrogen-bond acceptors (Lipinski definition) is 3. The van der Waals surface area contributed by atoms with Crippen LogP contribution in [0.5, 0.6) is 0 Å². The van der Waals surface area contributed by atoms with Crippen LogP contribution in [0.4, 0.5) is 5.82 Å². The maximum Gasteiger partial charge on any atom is 0.198 e. The van der Waals surface area contributed by atoms with Gasteiger partial charge in [-0.15, -0.1) is 0 Å². The molecule has 1 aromatic heterocycles. The average Bonchev–Trinajstić information content (AvgIpc) is 2.67. The van der Waals surface area contributed by atoms with E-state index in [0.717, 1.165) is 11.1 Å². The Balaban J connectivity index is 2.49. The monoisotopic (exact) mass is 215 g/mol. The lowest BCUT2D eigenvalue weighted by Gasteiger charge is -2.05. The topological polar surface area (TPSA) is 71.8 Å². The van der Waals surface area contributed by atoms with Crippen LogP contribution in [0, 0.1) is 13.8 Å². The van der Waals surface area contributed by atoms with E-state index < -0.39 is 0 Å². The zero-order valence-corrected chi connectivity index (χ0v) is 9.24. The predicted molar refractivity (Wildman–Crippen MR) is 62.3 cm³/mol. The van der Waals surface area contributed by atoms with Gasteiger partial charge in [0.15, 0.2) is 5.78 Å². The van der Waals surface area contributed by atoms with Gasteiger partial charge in [-0.3, -0.25) is 9.89 Å². The molecule has 0 aliphatic carbocycles. The zero-order valence-electron chi connectivity index (χ0n) is 9.24. The number of anilines is 1. The van der Waals surface area contributed by atoms with E-state index in [4.69, 9.17) is 5.73 Å². The van der Waals surface area contributed by atoms with E-state index >= 15 is 0 Å². The quantitative estimate of drug-likeness (QED) is 0.751. The van der Waals surface area contributed by atoms with Gasteiger partial charge in [-0.05, 0) is 25.5 Å². The van der Waals surface area contributed by atoms with Gasteiger partial charge in [0, 0.05) is 5.56 Å². The molecule has 3 N–H and O–H groups in total. The summed E-state index contributed by atoms with van der Waals surface area (Å²) in [6, 6.07) is 5.77. The number of nitrogens with one attached hydrogen (secondary N) is 1. The zero-order chi connectivity index (χ0) is 11.7. The molecule has 0 aliphatic rings. The van der Waals surface area contributed by atoms with Crippen molar-refractivity contribution in [3.63, 3.8) is 0 Å². The van der Waals surface area contributed by atoms with E-state index in [1.165, 1.54) is 6.20 Å². The molecule has 0 radical (unpaired) electrons. The lowest BCUT2D eigenvalue weighted by atomic mass is 9.99. The van der Waals surface area contributed by atoms with Gasteiger partial charge in [-0.1, -0.05) is 17.7 Å². The fourth-order valence-electron chi connectivity index (χ4n) is 1.60. The number of aromatic amines is 1. The Morgan fingerprint density at radius 3 is 2.69 bits per heavy atom. The molecule has 0 atom stereocenters. The van der Waals surface area contributed by atoms with E-state index in [1.54, 1.807) is 0 Å². The molecule has 0 bridgehead atoms. The Kier molecular flexibility index (Phi) is 2.48. The molecule has 2 rings (SSSR count). The van der Waals surface area contributed by atoms with E-state index in [0.29, 0.717) is 16.9 Å². The smallest absolute Gasteiger partial charge is 0.198 e. The van der Waals surface area contributed by atoms with Crippen LogP contribution in [-0.4, -0.2) is 16.0 Å². The molecule has 0 aliphatic heterocycles. The Hall–Kier alpha value is -2.10. The molecule has 1 heterocycles. The van der Waals surface area contributed by atoms with Gasteiger partial charge >= 0.3 is 0 Å². The van der Waals surface area contributed by atoms with Crippen LogP contribution in [0.1, 0.15) is 27.0 Å². The SMILES string of the molecule is Cc1ccc(C)c(C(=O)c2cn[nH]c2N)c1. The van der Waals surface area contributed by atoms with Gasteiger partial charge in [-0.2, -0.15) is 5.10 Å². The number of aryl methyl sites for hydroxylation is 2. The molecule has 0 unspecified atom stereocenters. The highest BCUT2D eigenvalue weighted by Gasteiger charge is 2.15. The lowest BCUT2D eigenvalue weighted by molar-refractivity contribution is 0.103. The Morgan fingerprint density at radius 1 is 1.31 bits per heavy atom. The molecule has 0 amide bonds. The summed E-state index contributed by atoms with van der Waals surface area (Å²) in [4.78, 5) is 12.2. The van der Waals surface area contributed by atoms with Crippen molar-refractivity contribution in [2.24, 2.45) is 0 Å². The third-order valence-corrected chi connectivity index (χ3v) is 2.55. The number of H-pyrrole nitrogens is 1. The molecule has 16 heavy (non-hydrogen) atoms. The first-order valence-electron chi connectivity index (χ1n) is 5.00. The number of aromatic nitrogens is 2. The van der Waals surface area contributed by atoms with Crippen LogP contribution in [0.2, 0.25) is 0 Å². The maximum absolute atomic E-state index is 12.2. The molecular formula is C12H13N3O. The van der Waals surface area contributed by atoms with Crippen LogP contribution in [0.3, 0.4) is 0 Å². The van der Waals surface area contributed by atoms with Gasteiger partial charge in [0.05, 0.1) is 11.8 Å². The number of rotatable bonds is 2. The Labute approximate surface area is 93.5 Å². The van der Waals surface area contributed by atoms with E-state index in [-0.39, 0.29) is 5.78 Å². The highest BCUT2D eigenvalue weighted by molar-refractivity contribution is 6.12. The van der Waals surface area contributed by atoms with Crippen LogP contribution in [-0.2, 0) is 0 Å². The van der Waals surface area contributed by atoms with Crippen LogP contribution >= 0.6 is 0 Å². The second kappa shape index (κ2) is 3.81. The minimum atomic E-state index is -0.0903. The third kappa shape index (κ3) is 1.69. The summed E-state index contributed by atoms with van der Waals surface area (Å²) in [6.45, 7) is 3.86. The molecule has 4 heteroatoms. The largest absolute Gasteiger partial charge is 0.383 e.